The maximum absolute atomic E-state index is 12.2. The molecule has 0 N–H and O–H groups in total. The molecule has 0 radical (unpaired) electrons. The number of rotatable bonds is 4. The fourth-order valence-electron chi connectivity index (χ4n) is 3.96. The smallest absolute Gasteiger partial charge is 0.137 e. The number of hydrogen-bond acceptors (Lipinski definition) is 2. The minimum Gasteiger partial charge on any atom is -0.300 e. The van der Waals surface area contributed by atoms with E-state index in [2.05, 4.69) is 25.7 Å². The summed E-state index contributed by atoms with van der Waals surface area (Å²) in [4.78, 5) is 14.8. The Morgan fingerprint density at radius 1 is 1.32 bits per heavy atom. The van der Waals surface area contributed by atoms with Crippen LogP contribution < -0.4 is 0 Å². The van der Waals surface area contributed by atoms with Crippen molar-refractivity contribution in [2.24, 2.45) is 11.3 Å². The minimum absolute atomic E-state index is 0.307. The first-order valence-electron chi connectivity index (χ1n) is 8.28. The monoisotopic (exact) mass is 265 g/mol. The molecule has 2 rings (SSSR count). The van der Waals surface area contributed by atoms with Crippen LogP contribution >= 0.6 is 0 Å². The van der Waals surface area contributed by atoms with Gasteiger partial charge in [-0.25, -0.2) is 0 Å². The van der Waals surface area contributed by atoms with E-state index in [-0.39, 0.29) is 0 Å². The number of hydrogen-bond donors (Lipinski definition) is 0. The highest BCUT2D eigenvalue weighted by Crippen LogP contribution is 2.37. The van der Waals surface area contributed by atoms with E-state index in [0.29, 0.717) is 17.1 Å². The Kier molecular flexibility index (Phi) is 5.05. The molecule has 2 aliphatic rings. The third-order valence-electron chi connectivity index (χ3n) is 5.13. The van der Waals surface area contributed by atoms with Gasteiger partial charge in [-0.1, -0.05) is 33.6 Å². The van der Waals surface area contributed by atoms with Gasteiger partial charge in [0.15, 0.2) is 0 Å². The van der Waals surface area contributed by atoms with Crippen LogP contribution in [0, 0.1) is 11.3 Å². The van der Waals surface area contributed by atoms with Gasteiger partial charge in [0, 0.05) is 24.9 Å². The van der Waals surface area contributed by atoms with Crippen molar-refractivity contribution < 1.29 is 4.79 Å². The lowest BCUT2D eigenvalue weighted by Gasteiger charge is -2.41. The van der Waals surface area contributed by atoms with Crippen molar-refractivity contribution in [2.75, 3.05) is 13.1 Å². The SMILES string of the molecule is CCCC1CCCCN1CC1CC(C)(C)CCC1=O. The maximum Gasteiger partial charge on any atom is 0.137 e. The Morgan fingerprint density at radius 2 is 2.11 bits per heavy atom. The van der Waals surface area contributed by atoms with Crippen LogP contribution in [0.4, 0.5) is 0 Å². The third kappa shape index (κ3) is 4.05. The molecule has 1 saturated heterocycles. The first-order valence-corrected chi connectivity index (χ1v) is 8.28. The van der Waals surface area contributed by atoms with E-state index in [4.69, 9.17) is 0 Å². The van der Waals surface area contributed by atoms with Gasteiger partial charge in [0.05, 0.1) is 0 Å². The van der Waals surface area contributed by atoms with Crippen molar-refractivity contribution in [3.8, 4) is 0 Å². The molecule has 2 atom stereocenters. The van der Waals surface area contributed by atoms with E-state index in [9.17, 15) is 4.79 Å². The first kappa shape index (κ1) is 15.0. The van der Waals surface area contributed by atoms with Crippen LogP contribution in [0.15, 0.2) is 0 Å². The molecular weight excluding hydrogens is 234 g/mol. The second-order valence-corrected chi connectivity index (χ2v) is 7.46. The van der Waals surface area contributed by atoms with Gasteiger partial charge in [-0.15, -0.1) is 0 Å². The Morgan fingerprint density at radius 3 is 2.84 bits per heavy atom. The van der Waals surface area contributed by atoms with Gasteiger partial charge >= 0.3 is 0 Å². The molecule has 2 unspecified atom stereocenters. The average molecular weight is 265 g/mol. The van der Waals surface area contributed by atoms with Crippen molar-refractivity contribution >= 4 is 5.78 Å². The average Bonchev–Trinajstić information content (AvgIpc) is 2.36. The lowest BCUT2D eigenvalue weighted by atomic mass is 9.71. The van der Waals surface area contributed by atoms with Gasteiger partial charge in [0.25, 0.3) is 0 Å². The van der Waals surface area contributed by atoms with Crippen molar-refractivity contribution in [3.05, 3.63) is 0 Å². The van der Waals surface area contributed by atoms with Crippen LogP contribution in [0.1, 0.15) is 72.1 Å². The van der Waals surface area contributed by atoms with Crippen molar-refractivity contribution in [3.63, 3.8) is 0 Å². The fraction of sp³-hybridized carbons (Fsp3) is 0.941. The largest absolute Gasteiger partial charge is 0.300 e. The van der Waals surface area contributed by atoms with Crippen LogP contribution in [0.2, 0.25) is 0 Å². The molecule has 2 heteroatoms. The van der Waals surface area contributed by atoms with Crippen molar-refractivity contribution in [1.29, 1.82) is 0 Å². The summed E-state index contributed by atoms with van der Waals surface area (Å²) >= 11 is 0. The molecule has 0 aromatic carbocycles. The van der Waals surface area contributed by atoms with Gasteiger partial charge < -0.3 is 0 Å². The summed E-state index contributed by atoms with van der Waals surface area (Å²) in [6.07, 6.45) is 9.62. The van der Waals surface area contributed by atoms with E-state index >= 15 is 0 Å². The van der Waals surface area contributed by atoms with Gasteiger partial charge in [0.1, 0.15) is 5.78 Å². The summed E-state index contributed by atoms with van der Waals surface area (Å²) in [6.45, 7) is 9.18. The summed E-state index contributed by atoms with van der Waals surface area (Å²) in [5.41, 5.74) is 0.370. The number of nitrogens with zero attached hydrogens (tertiary/aromatic N) is 1. The lowest BCUT2D eigenvalue weighted by Crippen LogP contribution is -2.45. The first-order chi connectivity index (χ1) is 9.02. The minimum atomic E-state index is 0.307. The van der Waals surface area contributed by atoms with Crippen molar-refractivity contribution in [1.82, 2.24) is 4.90 Å². The van der Waals surface area contributed by atoms with E-state index in [1.165, 1.54) is 38.6 Å². The molecule has 2 nitrogen and oxygen atoms in total. The number of piperidine rings is 1. The number of carbonyl (C=O) groups excluding carboxylic acids is 1. The maximum atomic E-state index is 12.2. The van der Waals surface area contributed by atoms with Crippen LogP contribution in [0.3, 0.4) is 0 Å². The van der Waals surface area contributed by atoms with Crippen LogP contribution in [0.5, 0.6) is 0 Å². The van der Waals surface area contributed by atoms with Gasteiger partial charge in [-0.05, 0) is 44.1 Å². The lowest BCUT2D eigenvalue weighted by molar-refractivity contribution is -0.128. The van der Waals surface area contributed by atoms with Gasteiger partial charge in [-0.3, -0.25) is 9.69 Å². The quantitative estimate of drug-likeness (QED) is 0.764. The summed E-state index contributed by atoms with van der Waals surface area (Å²) in [5, 5.41) is 0. The Balaban J connectivity index is 1.95. The zero-order valence-electron chi connectivity index (χ0n) is 13.1. The number of Topliss-reactive ketones (excluding diaryl/α,β-unsaturated/α-hetero) is 1. The predicted octanol–water partition coefficient (Wildman–Crippen LogP) is 4.04. The number of carbonyl (C=O) groups is 1. The van der Waals surface area contributed by atoms with E-state index in [1.54, 1.807) is 0 Å². The molecule has 0 bridgehead atoms. The second kappa shape index (κ2) is 6.39. The predicted molar refractivity (Wildman–Crippen MR) is 80.2 cm³/mol. The molecular formula is C17H31NO. The van der Waals surface area contributed by atoms with E-state index in [1.807, 2.05) is 0 Å². The summed E-state index contributed by atoms with van der Waals surface area (Å²) < 4.78 is 0. The normalized spacial score (nSPS) is 32.5. The number of likely N-dealkylation sites (tertiary alicyclic amines) is 1. The van der Waals surface area contributed by atoms with E-state index in [0.717, 1.165) is 31.8 Å². The summed E-state index contributed by atoms with van der Waals surface area (Å²) in [7, 11) is 0. The molecule has 2 fully saturated rings. The van der Waals surface area contributed by atoms with Crippen LogP contribution in [0.25, 0.3) is 0 Å². The molecule has 1 aliphatic carbocycles. The summed E-state index contributed by atoms with van der Waals surface area (Å²) in [5.74, 6) is 0.835. The molecule has 1 heterocycles. The van der Waals surface area contributed by atoms with Crippen LogP contribution in [-0.4, -0.2) is 29.8 Å². The highest BCUT2D eigenvalue weighted by molar-refractivity contribution is 5.82. The van der Waals surface area contributed by atoms with Gasteiger partial charge in [0.2, 0.25) is 0 Å². The third-order valence-corrected chi connectivity index (χ3v) is 5.13. The topological polar surface area (TPSA) is 20.3 Å². The Bertz CT molecular complexity index is 308. The zero-order chi connectivity index (χ0) is 13.9. The highest BCUT2D eigenvalue weighted by atomic mass is 16.1. The Labute approximate surface area is 118 Å². The molecule has 1 aliphatic heterocycles. The fourth-order valence-corrected chi connectivity index (χ4v) is 3.96. The molecule has 0 aromatic rings. The number of ketones is 1. The summed E-state index contributed by atoms with van der Waals surface area (Å²) in [6, 6.07) is 0.747. The van der Waals surface area contributed by atoms with E-state index < -0.39 is 0 Å². The molecule has 1 saturated carbocycles. The zero-order valence-corrected chi connectivity index (χ0v) is 13.1. The highest BCUT2D eigenvalue weighted by Gasteiger charge is 2.35. The second-order valence-electron chi connectivity index (χ2n) is 7.46. The molecule has 0 spiro atoms. The Hall–Kier alpha value is -0.370. The van der Waals surface area contributed by atoms with Gasteiger partial charge in [-0.2, -0.15) is 0 Å². The molecule has 0 amide bonds. The molecule has 19 heavy (non-hydrogen) atoms. The van der Waals surface area contributed by atoms with Crippen LogP contribution in [-0.2, 0) is 4.79 Å². The van der Waals surface area contributed by atoms with Crippen molar-refractivity contribution in [2.45, 2.75) is 78.2 Å². The molecule has 110 valence electrons. The standard InChI is InChI=1S/C17H31NO/c1-4-7-15-8-5-6-11-18(15)13-14-12-17(2,3)10-9-16(14)19/h14-15H,4-13H2,1-3H3. The molecule has 0 aromatic heterocycles.